The Morgan fingerprint density at radius 2 is 2.60 bits per heavy atom. The Kier molecular flexibility index (Phi) is 2.21. The average molecular weight is 146 g/mol. The molecule has 1 aliphatic rings. The highest BCUT2D eigenvalue weighted by molar-refractivity contribution is 5.82. The molecule has 0 aromatic carbocycles. The van der Waals surface area contributed by atoms with E-state index in [9.17, 15) is 4.79 Å². The van der Waals surface area contributed by atoms with Crippen LogP contribution in [0.3, 0.4) is 0 Å². The molecule has 1 saturated heterocycles. The molecule has 0 bridgehead atoms. The molecule has 0 aromatic rings. The zero-order chi connectivity index (χ0) is 7.56. The molecule has 1 fully saturated rings. The van der Waals surface area contributed by atoms with Crippen LogP contribution < -0.4 is 5.73 Å². The van der Waals surface area contributed by atoms with E-state index in [2.05, 4.69) is 0 Å². The van der Waals surface area contributed by atoms with Crippen molar-refractivity contribution in [2.24, 2.45) is 5.73 Å². The van der Waals surface area contributed by atoms with Crippen LogP contribution in [0.25, 0.3) is 0 Å². The summed E-state index contributed by atoms with van der Waals surface area (Å²) in [6.45, 7) is 0.323. The van der Waals surface area contributed by atoms with E-state index in [1.807, 2.05) is 0 Å². The monoisotopic (exact) mass is 146 g/mol. The molecule has 0 aromatic heterocycles. The summed E-state index contributed by atoms with van der Waals surface area (Å²) in [5.74, 6) is -0.256. The van der Waals surface area contributed by atoms with Crippen LogP contribution in [0, 0.1) is 0 Å². The van der Waals surface area contributed by atoms with Gasteiger partial charge in [-0.15, -0.1) is 0 Å². The van der Waals surface area contributed by atoms with Crippen molar-refractivity contribution in [2.75, 3.05) is 19.8 Å². The number of carbonyl (C=O) groups excluding carboxylic acids is 1. The molecule has 1 heterocycles. The molecule has 5 heteroatoms. The quantitative estimate of drug-likeness (QED) is 0.476. The maximum atomic E-state index is 10.9. The Morgan fingerprint density at radius 3 is 3.00 bits per heavy atom. The summed E-state index contributed by atoms with van der Waals surface area (Å²) in [4.78, 5) is 15.7. The summed E-state index contributed by atoms with van der Waals surface area (Å²) in [7, 11) is 0. The van der Waals surface area contributed by atoms with Crippen LogP contribution in [0.5, 0.6) is 0 Å². The summed E-state index contributed by atoms with van der Waals surface area (Å²) < 4.78 is 0. The van der Waals surface area contributed by atoms with Gasteiger partial charge in [-0.3, -0.25) is 9.63 Å². The SMILES string of the molecule is NC1CON(CCO)C1=O. The van der Waals surface area contributed by atoms with Gasteiger partial charge in [0.2, 0.25) is 0 Å². The van der Waals surface area contributed by atoms with E-state index in [1.165, 1.54) is 0 Å². The fraction of sp³-hybridized carbons (Fsp3) is 0.800. The van der Waals surface area contributed by atoms with Gasteiger partial charge in [0.1, 0.15) is 6.04 Å². The summed E-state index contributed by atoms with van der Waals surface area (Å²) in [6.07, 6.45) is 0. The van der Waals surface area contributed by atoms with Gasteiger partial charge >= 0.3 is 0 Å². The maximum Gasteiger partial charge on any atom is 0.265 e. The van der Waals surface area contributed by atoms with Crippen molar-refractivity contribution in [1.29, 1.82) is 0 Å². The second-order valence-electron chi connectivity index (χ2n) is 2.07. The Morgan fingerprint density at radius 1 is 1.90 bits per heavy atom. The number of nitrogens with zero attached hydrogens (tertiary/aromatic N) is 1. The molecule has 10 heavy (non-hydrogen) atoms. The van der Waals surface area contributed by atoms with Crippen LogP contribution in [0.15, 0.2) is 0 Å². The van der Waals surface area contributed by atoms with Crippen molar-refractivity contribution in [3.8, 4) is 0 Å². The van der Waals surface area contributed by atoms with Gasteiger partial charge in [-0.25, -0.2) is 5.06 Å². The summed E-state index contributed by atoms with van der Waals surface area (Å²) >= 11 is 0. The second-order valence-corrected chi connectivity index (χ2v) is 2.07. The number of amides is 1. The van der Waals surface area contributed by atoms with E-state index in [0.717, 1.165) is 5.06 Å². The molecule has 3 N–H and O–H groups in total. The van der Waals surface area contributed by atoms with Gasteiger partial charge in [0.05, 0.1) is 19.8 Å². The highest BCUT2D eigenvalue weighted by Gasteiger charge is 2.29. The molecule has 0 radical (unpaired) electrons. The lowest BCUT2D eigenvalue weighted by molar-refractivity contribution is -0.163. The van der Waals surface area contributed by atoms with Crippen molar-refractivity contribution in [2.45, 2.75) is 6.04 Å². The van der Waals surface area contributed by atoms with Crippen molar-refractivity contribution in [3.63, 3.8) is 0 Å². The Balaban J connectivity index is 2.41. The van der Waals surface area contributed by atoms with Gasteiger partial charge in [0, 0.05) is 0 Å². The summed E-state index contributed by atoms with van der Waals surface area (Å²) in [6, 6.07) is -0.549. The molecule has 1 unspecified atom stereocenters. The predicted octanol–water partition coefficient (Wildman–Crippen LogP) is -1.92. The highest BCUT2D eigenvalue weighted by Crippen LogP contribution is 2.03. The number of hydrogen-bond donors (Lipinski definition) is 2. The van der Waals surface area contributed by atoms with E-state index in [-0.39, 0.29) is 25.7 Å². The first-order valence-corrected chi connectivity index (χ1v) is 3.06. The van der Waals surface area contributed by atoms with Crippen LogP contribution in [0.1, 0.15) is 0 Å². The van der Waals surface area contributed by atoms with Crippen molar-refractivity contribution in [3.05, 3.63) is 0 Å². The number of β-amino-alcohol motifs (C(OH)–C–C–N with tert-alkyl or cyclic N) is 1. The van der Waals surface area contributed by atoms with Crippen LogP contribution in [0.4, 0.5) is 0 Å². The second kappa shape index (κ2) is 2.96. The minimum absolute atomic E-state index is 0.0988. The molecule has 1 atom stereocenters. The van der Waals surface area contributed by atoms with Crippen molar-refractivity contribution >= 4 is 5.91 Å². The first-order valence-electron chi connectivity index (χ1n) is 3.06. The third-order valence-corrected chi connectivity index (χ3v) is 1.28. The van der Waals surface area contributed by atoms with Crippen LogP contribution in [-0.2, 0) is 9.63 Å². The molecule has 1 amide bonds. The van der Waals surface area contributed by atoms with E-state index in [0.29, 0.717) is 0 Å². The van der Waals surface area contributed by atoms with E-state index >= 15 is 0 Å². The molecule has 0 spiro atoms. The Labute approximate surface area is 58.3 Å². The van der Waals surface area contributed by atoms with Gasteiger partial charge < -0.3 is 10.8 Å². The molecule has 0 aliphatic carbocycles. The zero-order valence-corrected chi connectivity index (χ0v) is 5.49. The first-order chi connectivity index (χ1) is 4.75. The average Bonchev–Trinajstić information content (AvgIpc) is 2.20. The number of aliphatic hydroxyl groups is 1. The maximum absolute atomic E-state index is 10.9. The minimum atomic E-state index is -0.549. The number of aliphatic hydroxyl groups excluding tert-OH is 1. The number of rotatable bonds is 2. The normalized spacial score (nSPS) is 26.0. The van der Waals surface area contributed by atoms with Gasteiger partial charge in [-0.1, -0.05) is 0 Å². The Hall–Kier alpha value is -0.650. The number of carbonyl (C=O) groups is 1. The van der Waals surface area contributed by atoms with Crippen molar-refractivity contribution in [1.82, 2.24) is 5.06 Å². The fourth-order valence-electron chi connectivity index (χ4n) is 0.756. The molecule has 0 saturated carbocycles. The standard InChI is InChI=1S/C5H10N2O3/c6-4-3-10-7(1-2-8)5(4)9/h4,8H,1-3,6H2. The third kappa shape index (κ3) is 1.26. The van der Waals surface area contributed by atoms with E-state index in [4.69, 9.17) is 15.7 Å². The Bertz CT molecular complexity index is 137. The van der Waals surface area contributed by atoms with Gasteiger partial charge in [-0.05, 0) is 0 Å². The minimum Gasteiger partial charge on any atom is -0.394 e. The summed E-state index contributed by atoms with van der Waals surface area (Å²) in [5.41, 5.74) is 5.30. The van der Waals surface area contributed by atoms with Gasteiger partial charge in [0.15, 0.2) is 0 Å². The van der Waals surface area contributed by atoms with Crippen LogP contribution in [-0.4, -0.2) is 41.9 Å². The summed E-state index contributed by atoms with van der Waals surface area (Å²) in [5, 5.41) is 9.50. The highest BCUT2D eigenvalue weighted by atomic mass is 16.7. The third-order valence-electron chi connectivity index (χ3n) is 1.28. The predicted molar refractivity (Wildman–Crippen MR) is 32.7 cm³/mol. The first kappa shape index (κ1) is 7.46. The number of hydroxylamine groups is 2. The zero-order valence-electron chi connectivity index (χ0n) is 5.49. The number of nitrogens with two attached hydrogens (primary N) is 1. The lowest BCUT2D eigenvalue weighted by Gasteiger charge is -2.10. The lowest BCUT2D eigenvalue weighted by Crippen LogP contribution is -2.35. The van der Waals surface area contributed by atoms with Crippen molar-refractivity contribution < 1.29 is 14.7 Å². The molecule has 5 nitrogen and oxygen atoms in total. The van der Waals surface area contributed by atoms with Gasteiger partial charge in [0.25, 0.3) is 5.91 Å². The number of hydrogen-bond acceptors (Lipinski definition) is 4. The van der Waals surface area contributed by atoms with Crippen LogP contribution >= 0.6 is 0 Å². The van der Waals surface area contributed by atoms with Crippen LogP contribution in [0.2, 0.25) is 0 Å². The topological polar surface area (TPSA) is 75.8 Å². The lowest BCUT2D eigenvalue weighted by atomic mass is 10.3. The van der Waals surface area contributed by atoms with E-state index < -0.39 is 6.04 Å². The molecule has 1 rings (SSSR count). The molecule has 1 aliphatic heterocycles. The smallest absolute Gasteiger partial charge is 0.265 e. The molecule has 58 valence electrons. The molecular weight excluding hydrogens is 136 g/mol. The fourth-order valence-corrected chi connectivity index (χ4v) is 0.756. The largest absolute Gasteiger partial charge is 0.394 e. The molecular formula is C5H10N2O3. The van der Waals surface area contributed by atoms with Gasteiger partial charge in [-0.2, -0.15) is 0 Å². The van der Waals surface area contributed by atoms with E-state index in [1.54, 1.807) is 0 Å².